The monoisotopic (exact) mass is 352 g/mol. The first-order valence-electron chi connectivity index (χ1n) is 4.26. The molecule has 0 saturated heterocycles. The highest BCUT2D eigenvalue weighted by molar-refractivity contribution is 14.1. The van der Waals surface area contributed by atoms with Crippen LogP contribution in [0.4, 0.5) is 0 Å². The van der Waals surface area contributed by atoms with Gasteiger partial charge in [0.05, 0.1) is 5.69 Å². The second-order valence-electron chi connectivity index (χ2n) is 3.37. The lowest BCUT2D eigenvalue weighted by molar-refractivity contribution is 0.613. The minimum absolute atomic E-state index is 0.133. The van der Waals surface area contributed by atoms with E-state index < -0.39 is 0 Å². The van der Waals surface area contributed by atoms with Gasteiger partial charge in [-0.3, -0.25) is 0 Å². The summed E-state index contributed by atoms with van der Waals surface area (Å²) in [5, 5.41) is 0. The summed E-state index contributed by atoms with van der Waals surface area (Å²) in [7, 11) is 0. The zero-order chi connectivity index (χ0) is 9.42. The van der Waals surface area contributed by atoms with Gasteiger partial charge < -0.3 is 5.73 Å². The van der Waals surface area contributed by atoms with E-state index in [1.54, 1.807) is 0 Å². The number of nitrogens with two attached hydrogens (primary N) is 1. The summed E-state index contributed by atoms with van der Waals surface area (Å²) in [5.41, 5.74) is 7.04. The number of aromatic nitrogens is 1. The molecule has 1 atom stereocenters. The Kier molecular flexibility index (Phi) is 2.90. The van der Waals surface area contributed by atoms with Gasteiger partial charge in [-0.15, -0.1) is 0 Å². The van der Waals surface area contributed by atoms with Gasteiger partial charge in [-0.25, -0.2) is 4.98 Å². The van der Waals surface area contributed by atoms with Gasteiger partial charge in [-0.05, 0) is 69.4 Å². The van der Waals surface area contributed by atoms with Crippen molar-refractivity contribution in [1.82, 2.24) is 4.98 Å². The molecule has 0 amide bonds. The fourth-order valence-electron chi connectivity index (χ4n) is 1.31. The molecule has 2 N–H and O–H groups in total. The van der Waals surface area contributed by atoms with E-state index in [0.717, 1.165) is 13.9 Å². The van der Waals surface area contributed by atoms with Crippen LogP contribution in [-0.4, -0.2) is 4.98 Å². The van der Waals surface area contributed by atoms with Gasteiger partial charge in [0, 0.05) is 9.61 Å². The van der Waals surface area contributed by atoms with E-state index in [1.165, 1.54) is 12.8 Å². The summed E-state index contributed by atoms with van der Waals surface area (Å²) in [6.45, 7) is 0. The largest absolute Gasteiger partial charge is 0.322 e. The predicted molar refractivity (Wildman–Crippen MR) is 64.3 cm³/mol. The molecule has 0 unspecified atom stereocenters. The molecule has 1 aromatic heterocycles. The van der Waals surface area contributed by atoms with Gasteiger partial charge >= 0.3 is 0 Å². The SMILES string of the molecule is N[C@@H](c1ccc(I)c(Br)n1)C1CC1. The molecule has 70 valence electrons. The Labute approximate surface area is 99.6 Å². The number of hydrogen-bond donors (Lipinski definition) is 1. The van der Waals surface area contributed by atoms with Crippen molar-refractivity contribution in [2.75, 3.05) is 0 Å². The average molecular weight is 353 g/mol. The Hall–Kier alpha value is 0.320. The lowest BCUT2D eigenvalue weighted by Gasteiger charge is -2.09. The molecule has 1 aromatic rings. The Balaban J connectivity index is 2.24. The molecule has 0 aliphatic heterocycles. The Bertz CT molecular complexity index is 325. The lowest BCUT2D eigenvalue weighted by Crippen LogP contribution is -2.14. The Morgan fingerprint density at radius 3 is 2.77 bits per heavy atom. The van der Waals surface area contributed by atoms with Crippen molar-refractivity contribution in [2.24, 2.45) is 11.7 Å². The summed E-state index contributed by atoms with van der Waals surface area (Å²) in [5.74, 6) is 0.666. The van der Waals surface area contributed by atoms with Crippen molar-refractivity contribution in [1.29, 1.82) is 0 Å². The molecular weight excluding hydrogens is 343 g/mol. The van der Waals surface area contributed by atoms with Gasteiger partial charge in [0.2, 0.25) is 0 Å². The maximum Gasteiger partial charge on any atom is 0.119 e. The summed E-state index contributed by atoms with van der Waals surface area (Å²) >= 11 is 5.66. The van der Waals surface area contributed by atoms with Crippen LogP contribution in [-0.2, 0) is 0 Å². The van der Waals surface area contributed by atoms with Crippen molar-refractivity contribution < 1.29 is 0 Å². The number of nitrogens with zero attached hydrogens (tertiary/aromatic N) is 1. The van der Waals surface area contributed by atoms with Crippen LogP contribution in [0.1, 0.15) is 24.6 Å². The van der Waals surface area contributed by atoms with Crippen LogP contribution in [0.2, 0.25) is 0 Å². The summed E-state index contributed by atoms with van der Waals surface area (Å²) in [6.07, 6.45) is 2.51. The highest BCUT2D eigenvalue weighted by Gasteiger charge is 2.30. The first-order valence-corrected chi connectivity index (χ1v) is 6.13. The molecule has 2 rings (SSSR count). The zero-order valence-corrected chi connectivity index (χ0v) is 10.7. The quantitative estimate of drug-likeness (QED) is 0.656. The molecule has 1 aliphatic rings. The summed E-state index contributed by atoms with van der Waals surface area (Å²) < 4.78 is 2.03. The first kappa shape index (κ1) is 9.86. The Morgan fingerprint density at radius 2 is 2.23 bits per heavy atom. The average Bonchev–Trinajstić information content (AvgIpc) is 2.91. The maximum atomic E-state index is 6.03. The molecule has 2 nitrogen and oxygen atoms in total. The second-order valence-corrected chi connectivity index (χ2v) is 5.29. The zero-order valence-electron chi connectivity index (χ0n) is 7.00. The maximum absolute atomic E-state index is 6.03. The topological polar surface area (TPSA) is 38.9 Å². The van der Waals surface area contributed by atoms with Crippen molar-refractivity contribution in [3.63, 3.8) is 0 Å². The molecule has 13 heavy (non-hydrogen) atoms. The van der Waals surface area contributed by atoms with Gasteiger partial charge in [0.25, 0.3) is 0 Å². The van der Waals surface area contributed by atoms with Crippen LogP contribution in [0, 0.1) is 9.49 Å². The van der Waals surface area contributed by atoms with Crippen LogP contribution in [0.5, 0.6) is 0 Å². The van der Waals surface area contributed by atoms with Crippen molar-refractivity contribution in [2.45, 2.75) is 18.9 Å². The number of rotatable bonds is 2. The number of hydrogen-bond acceptors (Lipinski definition) is 2. The number of pyridine rings is 1. The molecule has 1 heterocycles. The highest BCUT2D eigenvalue weighted by atomic mass is 127. The van der Waals surface area contributed by atoms with Crippen molar-refractivity contribution >= 4 is 38.5 Å². The predicted octanol–water partition coefficient (Wildman–Crippen LogP) is 2.86. The van der Waals surface area contributed by atoms with Crippen LogP contribution in [0.25, 0.3) is 0 Å². The third-order valence-corrected chi connectivity index (χ3v) is 4.51. The third kappa shape index (κ3) is 2.22. The molecule has 0 bridgehead atoms. The standard InChI is InChI=1S/C9H10BrIN2/c10-9-6(11)3-4-7(13-9)8(12)5-1-2-5/h3-5,8H,1-2,12H2/t8-/m1/s1. The second kappa shape index (κ2) is 3.82. The molecule has 0 radical (unpaired) electrons. The van der Waals surface area contributed by atoms with Gasteiger partial charge in [-0.1, -0.05) is 0 Å². The van der Waals surface area contributed by atoms with E-state index in [9.17, 15) is 0 Å². The van der Waals surface area contributed by atoms with E-state index in [4.69, 9.17) is 5.73 Å². The van der Waals surface area contributed by atoms with Gasteiger partial charge in [-0.2, -0.15) is 0 Å². The smallest absolute Gasteiger partial charge is 0.119 e. The van der Waals surface area contributed by atoms with Crippen LogP contribution >= 0.6 is 38.5 Å². The molecule has 0 aromatic carbocycles. The molecule has 1 saturated carbocycles. The highest BCUT2D eigenvalue weighted by Crippen LogP contribution is 2.39. The number of halogens is 2. The van der Waals surface area contributed by atoms with E-state index in [1.807, 2.05) is 6.07 Å². The van der Waals surface area contributed by atoms with E-state index in [0.29, 0.717) is 5.92 Å². The molecule has 1 fully saturated rings. The van der Waals surface area contributed by atoms with Gasteiger partial charge in [0.1, 0.15) is 4.60 Å². The van der Waals surface area contributed by atoms with Crippen molar-refractivity contribution in [3.05, 3.63) is 26.0 Å². The first-order chi connectivity index (χ1) is 6.18. The molecule has 4 heteroatoms. The van der Waals surface area contributed by atoms with E-state index in [-0.39, 0.29) is 6.04 Å². The minimum Gasteiger partial charge on any atom is -0.322 e. The Morgan fingerprint density at radius 1 is 1.54 bits per heavy atom. The summed E-state index contributed by atoms with van der Waals surface area (Å²) in [6, 6.07) is 4.21. The molecule has 1 aliphatic carbocycles. The lowest BCUT2D eigenvalue weighted by atomic mass is 10.1. The van der Waals surface area contributed by atoms with Crippen molar-refractivity contribution in [3.8, 4) is 0 Å². The summed E-state index contributed by atoms with van der Waals surface area (Å²) in [4.78, 5) is 4.42. The van der Waals surface area contributed by atoms with Crippen LogP contribution in [0.3, 0.4) is 0 Å². The fraction of sp³-hybridized carbons (Fsp3) is 0.444. The minimum atomic E-state index is 0.133. The van der Waals surface area contributed by atoms with Gasteiger partial charge in [0.15, 0.2) is 0 Å². The molecular formula is C9H10BrIN2. The fourth-order valence-corrected chi connectivity index (χ4v) is 1.95. The van der Waals surface area contributed by atoms with E-state index >= 15 is 0 Å². The normalized spacial score (nSPS) is 18.7. The van der Waals surface area contributed by atoms with Crippen LogP contribution < -0.4 is 5.73 Å². The van der Waals surface area contributed by atoms with E-state index in [2.05, 4.69) is 49.6 Å². The molecule has 0 spiro atoms. The van der Waals surface area contributed by atoms with Crippen LogP contribution in [0.15, 0.2) is 16.7 Å². The third-order valence-electron chi connectivity index (χ3n) is 2.30.